The van der Waals surface area contributed by atoms with E-state index in [1.807, 2.05) is 24.3 Å². The average Bonchev–Trinajstić information content (AvgIpc) is 2.51. The molecule has 0 atom stereocenters. The minimum Gasteiger partial charge on any atom is -0.243 e. The molecule has 0 amide bonds. The van der Waals surface area contributed by atoms with Gasteiger partial charge < -0.3 is 0 Å². The van der Waals surface area contributed by atoms with Gasteiger partial charge in [0.1, 0.15) is 11.0 Å². The number of hydrogen-bond acceptors (Lipinski definition) is 3. The first kappa shape index (κ1) is 7.03. The molecule has 2 aromatic rings. The van der Waals surface area contributed by atoms with E-state index in [2.05, 4.69) is 21.9 Å². The van der Waals surface area contributed by atoms with E-state index in [1.165, 1.54) is 0 Å². The molecule has 0 bridgehead atoms. The molecule has 12 heavy (non-hydrogen) atoms. The van der Waals surface area contributed by atoms with Crippen LogP contribution in [0.4, 0.5) is 0 Å². The van der Waals surface area contributed by atoms with Crippen molar-refractivity contribution in [2.75, 3.05) is 0 Å². The molecule has 0 N–H and O–H groups in total. The Kier molecular flexibility index (Phi) is 1.63. The van der Waals surface area contributed by atoms with Crippen LogP contribution in [0.3, 0.4) is 0 Å². The largest absolute Gasteiger partial charge is 0.243 e. The van der Waals surface area contributed by atoms with Crippen LogP contribution in [-0.2, 0) is 0 Å². The van der Waals surface area contributed by atoms with E-state index < -0.39 is 0 Å². The molecule has 1 aromatic carbocycles. The molecule has 1 aromatic heterocycles. The summed E-state index contributed by atoms with van der Waals surface area (Å²) in [5.74, 6) is 0. The lowest BCUT2D eigenvalue weighted by Gasteiger charge is -1.89. The molecule has 59 valence electrons. The highest BCUT2D eigenvalue weighted by atomic mass is 16.6. The highest BCUT2D eigenvalue weighted by molar-refractivity contribution is 5.76. The topological polar surface area (TPSA) is 38.9 Å². The van der Waals surface area contributed by atoms with E-state index in [-0.39, 0.29) is 0 Å². The van der Waals surface area contributed by atoms with Crippen LogP contribution in [0.1, 0.15) is 5.56 Å². The maximum absolute atomic E-state index is 4.56. The van der Waals surface area contributed by atoms with Gasteiger partial charge in [-0.2, -0.15) is 0 Å². The van der Waals surface area contributed by atoms with Gasteiger partial charge in [-0.05, 0) is 34.9 Å². The molecular formula is C9H7N2O. The van der Waals surface area contributed by atoms with E-state index in [4.69, 9.17) is 0 Å². The van der Waals surface area contributed by atoms with Crippen molar-refractivity contribution in [3.8, 4) is 0 Å². The monoisotopic (exact) mass is 159 g/mol. The molecule has 0 unspecified atom stereocenters. The summed E-state index contributed by atoms with van der Waals surface area (Å²) in [6, 6.07) is 5.70. The van der Waals surface area contributed by atoms with Crippen LogP contribution in [0.5, 0.6) is 0 Å². The number of allylic oxidation sites excluding steroid dienone is 1. The zero-order valence-corrected chi connectivity index (χ0v) is 6.40. The van der Waals surface area contributed by atoms with E-state index in [9.17, 15) is 0 Å². The molecule has 0 fully saturated rings. The summed E-state index contributed by atoms with van der Waals surface area (Å²) in [6.07, 6.45) is 3.63. The van der Waals surface area contributed by atoms with Crippen molar-refractivity contribution in [1.82, 2.24) is 10.3 Å². The van der Waals surface area contributed by atoms with Crippen molar-refractivity contribution in [2.24, 2.45) is 0 Å². The molecule has 3 nitrogen and oxygen atoms in total. The summed E-state index contributed by atoms with van der Waals surface area (Å²) in [7, 11) is 0. The fourth-order valence-electron chi connectivity index (χ4n) is 1.04. The van der Waals surface area contributed by atoms with Crippen LogP contribution in [0.15, 0.2) is 28.9 Å². The Bertz CT molecular complexity index is 417. The number of hydrogen-bond donors (Lipinski definition) is 0. The fourth-order valence-corrected chi connectivity index (χ4v) is 1.04. The molecule has 0 spiro atoms. The second kappa shape index (κ2) is 2.77. The number of aromatic nitrogens is 2. The minimum atomic E-state index is 0.769. The van der Waals surface area contributed by atoms with Gasteiger partial charge in [-0.1, -0.05) is 18.2 Å². The van der Waals surface area contributed by atoms with Crippen LogP contribution >= 0.6 is 0 Å². The van der Waals surface area contributed by atoms with Gasteiger partial charge in [0.15, 0.2) is 0 Å². The van der Waals surface area contributed by atoms with Crippen LogP contribution < -0.4 is 0 Å². The summed E-state index contributed by atoms with van der Waals surface area (Å²) in [4.78, 5) is 0. The molecule has 1 radical (unpaired) electrons. The number of fused-ring (bicyclic) bond motifs is 1. The van der Waals surface area contributed by atoms with Gasteiger partial charge in [0, 0.05) is 0 Å². The molecule has 0 aliphatic carbocycles. The molecule has 0 aliphatic rings. The van der Waals surface area contributed by atoms with Gasteiger partial charge in [0.2, 0.25) is 0 Å². The van der Waals surface area contributed by atoms with E-state index in [0.717, 1.165) is 16.6 Å². The maximum atomic E-state index is 4.56. The Morgan fingerprint density at radius 1 is 1.25 bits per heavy atom. The standard InChI is InChI=1S/C9H7N2O/c1-2-3-7-4-5-8-9(6-7)11-12-10-8/h2-6H,1H2/b3-2+. The summed E-state index contributed by atoms with van der Waals surface area (Å²) in [5, 5.41) is 7.42. The van der Waals surface area contributed by atoms with Gasteiger partial charge >= 0.3 is 0 Å². The normalized spacial score (nSPS) is 11.4. The van der Waals surface area contributed by atoms with Gasteiger partial charge in [-0.15, -0.1) is 0 Å². The van der Waals surface area contributed by atoms with E-state index in [0.29, 0.717) is 0 Å². The van der Waals surface area contributed by atoms with Crippen LogP contribution in [0, 0.1) is 6.92 Å². The summed E-state index contributed by atoms with van der Waals surface area (Å²) < 4.78 is 4.56. The Hall–Kier alpha value is -1.64. The van der Waals surface area contributed by atoms with Crippen molar-refractivity contribution in [1.29, 1.82) is 0 Å². The maximum Gasteiger partial charge on any atom is 0.135 e. The van der Waals surface area contributed by atoms with Crippen molar-refractivity contribution >= 4 is 17.1 Å². The zero-order chi connectivity index (χ0) is 8.39. The predicted octanol–water partition coefficient (Wildman–Crippen LogP) is 2.07. The average molecular weight is 159 g/mol. The second-order valence-electron chi connectivity index (χ2n) is 2.41. The number of benzene rings is 1. The Morgan fingerprint density at radius 3 is 2.92 bits per heavy atom. The van der Waals surface area contributed by atoms with Crippen molar-refractivity contribution in [3.05, 3.63) is 36.8 Å². The number of rotatable bonds is 1. The quantitative estimate of drug-likeness (QED) is 0.639. The van der Waals surface area contributed by atoms with Crippen LogP contribution in [0.25, 0.3) is 17.1 Å². The molecule has 3 heteroatoms. The Morgan fingerprint density at radius 2 is 2.08 bits per heavy atom. The smallest absolute Gasteiger partial charge is 0.135 e. The second-order valence-corrected chi connectivity index (χ2v) is 2.41. The first-order chi connectivity index (χ1) is 5.90. The molecule has 0 saturated carbocycles. The van der Waals surface area contributed by atoms with Gasteiger partial charge in [-0.3, -0.25) is 0 Å². The highest BCUT2D eigenvalue weighted by Gasteiger charge is 1.98. The first-order valence-electron chi connectivity index (χ1n) is 3.58. The number of nitrogens with zero attached hydrogens (tertiary/aromatic N) is 2. The molecular weight excluding hydrogens is 152 g/mol. The SMILES string of the molecule is [CH2]/C=C/c1ccc2nonc2c1. The lowest BCUT2D eigenvalue weighted by atomic mass is 10.2. The zero-order valence-electron chi connectivity index (χ0n) is 6.40. The van der Waals surface area contributed by atoms with Crippen molar-refractivity contribution in [3.63, 3.8) is 0 Å². The lowest BCUT2D eigenvalue weighted by molar-refractivity contribution is 0.315. The third-order valence-electron chi connectivity index (χ3n) is 1.59. The van der Waals surface area contributed by atoms with E-state index in [1.54, 1.807) is 6.08 Å². The highest BCUT2D eigenvalue weighted by Crippen LogP contribution is 2.12. The van der Waals surface area contributed by atoms with Gasteiger partial charge in [0.05, 0.1) is 0 Å². The minimum absolute atomic E-state index is 0.769. The Balaban J connectivity index is 2.60. The lowest BCUT2D eigenvalue weighted by Crippen LogP contribution is -1.72. The van der Waals surface area contributed by atoms with Crippen LogP contribution in [0.2, 0.25) is 0 Å². The van der Waals surface area contributed by atoms with Crippen LogP contribution in [-0.4, -0.2) is 10.3 Å². The van der Waals surface area contributed by atoms with E-state index >= 15 is 0 Å². The van der Waals surface area contributed by atoms with Crippen molar-refractivity contribution < 1.29 is 4.63 Å². The third-order valence-corrected chi connectivity index (χ3v) is 1.59. The summed E-state index contributed by atoms with van der Waals surface area (Å²) >= 11 is 0. The molecule has 0 aliphatic heterocycles. The molecule has 2 rings (SSSR count). The first-order valence-corrected chi connectivity index (χ1v) is 3.58. The van der Waals surface area contributed by atoms with Crippen molar-refractivity contribution in [2.45, 2.75) is 0 Å². The summed E-state index contributed by atoms with van der Waals surface area (Å²) in [6.45, 7) is 3.61. The predicted molar refractivity (Wildman–Crippen MR) is 46.2 cm³/mol. The van der Waals surface area contributed by atoms with Gasteiger partial charge in [-0.25, -0.2) is 4.63 Å². The fraction of sp³-hybridized carbons (Fsp3) is 0. The summed E-state index contributed by atoms with van der Waals surface area (Å²) in [5.41, 5.74) is 2.59. The molecule has 1 heterocycles. The third kappa shape index (κ3) is 1.09. The van der Waals surface area contributed by atoms with Gasteiger partial charge in [0.25, 0.3) is 0 Å². The molecule has 0 saturated heterocycles. The Labute approximate surface area is 69.7 Å².